The van der Waals surface area contributed by atoms with Crippen LogP contribution in [0.5, 0.6) is 5.75 Å². The molecule has 1 fully saturated rings. The number of hydrogen-bond donors (Lipinski definition) is 4. The zero-order valence-electron chi connectivity index (χ0n) is 22.8. The third kappa shape index (κ3) is 6.78. The highest BCUT2D eigenvalue weighted by Crippen LogP contribution is 2.49. The Kier molecular flexibility index (Phi) is 9.62. The van der Waals surface area contributed by atoms with E-state index in [-0.39, 0.29) is 11.6 Å². The van der Waals surface area contributed by atoms with E-state index < -0.39 is 67.5 Å². The average molecular weight is 629 g/mol. The van der Waals surface area contributed by atoms with Gasteiger partial charge in [0.25, 0.3) is 6.43 Å². The fourth-order valence-electron chi connectivity index (χ4n) is 4.28. The van der Waals surface area contributed by atoms with Crippen LogP contribution >= 0.6 is 6.64 Å². The Morgan fingerprint density at radius 2 is 1.90 bits per heavy atom. The molecule has 2 aromatic carbocycles. The van der Waals surface area contributed by atoms with Crippen molar-refractivity contribution < 1.29 is 42.3 Å². The number of benzene rings is 2. The van der Waals surface area contributed by atoms with E-state index in [1.54, 1.807) is 32.0 Å². The molecule has 0 aliphatic carbocycles. The Balaban J connectivity index is 1.65. The molecule has 5 N–H and O–H groups in total. The van der Waals surface area contributed by atoms with Gasteiger partial charge in [-0.15, -0.1) is 0 Å². The molecule has 1 aliphatic heterocycles. The highest BCUT2D eigenvalue weighted by atomic mass is 32.5. The molecule has 228 valence electrons. The number of aliphatic hydroxyl groups excluding tert-OH is 2. The number of alkyl halides is 2. The van der Waals surface area contributed by atoms with Gasteiger partial charge in [0.15, 0.2) is 11.8 Å². The van der Waals surface area contributed by atoms with Crippen LogP contribution in [0.25, 0.3) is 10.8 Å². The molecular weight excluding hydrogens is 597 g/mol. The van der Waals surface area contributed by atoms with Gasteiger partial charge >= 0.3 is 18.3 Å². The van der Waals surface area contributed by atoms with Crippen LogP contribution in [0.2, 0.25) is 0 Å². The van der Waals surface area contributed by atoms with Gasteiger partial charge in [-0.25, -0.2) is 18.7 Å². The first-order valence-electron chi connectivity index (χ1n) is 12.8. The molecule has 6 unspecified atom stereocenters. The number of nitrogens with two attached hydrogens (primary N) is 1. The highest BCUT2D eigenvalue weighted by Gasteiger charge is 2.61. The monoisotopic (exact) mass is 628 g/mol. The first-order chi connectivity index (χ1) is 19.7. The summed E-state index contributed by atoms with van der Waals surface area (Å²) in [5.41, 5.74) is 1.63. The zero-order chi connectivity index (χ0) is 30.8. The summed E-state index contributed by atoms with van der Waals surface area (Å²) in [5, 5.41) is 25.9. The third-order valence-corrected chi connectivity index (χ3v) is 8.90. The van der Waals surface area contributed by atoms with Gasteiger partial charge in [0.05, 0.1) is 12.7 Å². The van der Waals surface area contributed by atoms with Crippen molar-refractivity contribution in [1.82, 2.24) is 14.6 Å². The van der Waals surface area contributed by atoms with Crippen molar-refractivity contribution in [2.24, 2.45) is 0 Å². The number of esters is 1. The van der Waals surface area contributed by atoms with Crippen LogP contribution in [0.3, 0.4) is 0 Å². The fraction of sp³-hybridized carbons (Fsp3) is 0.423. The molecule has 1 aromatic heterocycles. The minimum atomic E-state index is -3.88. The van der Waals surface area contributed by atoms with E-state index in [4.69, 9.17) is 36.1 Å². The number of hydrogen-bond acceptors (Lipinski definition) is 11. The van der Waals surface area contributed by atoms with Crippen molar-refractivity contribution in [2.45, 2.75) is 63.4 Å². The topological polar surface area (TPSA) is 167 Å². The molecule has 0 spiro atoms. The summed E-state index contributed by atoms with van der Waals surface area (Å²) in [5.74, 6) is -0.628. The molecule has 3 aromatic rings. The Bertz CT molecular complexity index is 1550. The zero-order valence-corrected chi connectivity index (χ0v) is 24.5. The maximum Gasteiger partial charge on any atom is 0.351 e. The molecule has 16 heteroatoms. The van der Waals surface area contributed by atoms with E-state index in [0.29, 0.717) is 0 Å². The second kappa shape index (κ2) is 12.7. The molecule has 6 atom stereocenters. The van der Waals surface area contributed by atoms with Gasteiger partial charge in [0, 0.05) is 6.20 Å². The number of aliphatic hydroxyl groups is 2. The Morgan fingerprint density at radius 3 is 2.55 bits per heavy atom. The molecule has 12 nitrogen and oxygen atoms in total. The van der Waals surface area contributed by atoms with Crippen LogP contribution in [0.1, 0.15) is 27.0 Å². The number of ether oxygens (including phenoxy) is 2. The summed E-state index contributed by atoms with van der Waals surface area (Å²) >= 11 is 5.64. The van der Waals surface area contributed by atoms with Crippen LogP contribution in [0.4, 0.5) is 14.6 Å². The second-order valence-corrected chi connectivity index (χ2v) is 13.1. The number of rotatable bonds is 11. The SMILES string of the molecule is CC(C)OC(=O)C(C)NP(=S)(OCC1(C(F)F)OC(n2ccc(N)nc2=O)C(O)C1O)Oc1ccc2ccccc2c1. The van der Waals surface area contributed by atoms with Crippen LogP contribution in [0.15, 0.2) is 59.5 Å². The molecule has 0 bridgehead atoms. The van der Waals surface area contributed by atoms with E-state index in [1.165, 1.54) is 13.0 Å². The number of nitrogen functional groups attached to an aromatic ring is 1. The summed E-state index contributed by atoms with van der Waals surface area (Å²) in [4.78, 5) is 28.4. The lowest BCUT2D eigenvalue weighted by Crippen LogP contribution is -2.53. The molecule has 2 heterocycles. The first kappa shape index (κ1) is 31.9. The average Bonchev–Trinajstić information content (AvgIpc) is 3.17. The number of carbonyl (C=O) groups excluding carboxylic acids is 1. The fourth-order valence-corrected chi connectivity index (χ4v) is 6.69. The minimum absolute atomic E-state index is 0.143. The minimum Gasteiger partial charge on any atom is -0.462 e. The van der Waals surface area contributed by atoms with Crippen LogP contribution in [0, 0.1) is 0 Å². The van der Waals surface area contributed by atoms with Gasteiger partial charge in [-0.05, 0) is 61.5 Å². The standard InChI is InChI=1S/C26H31F2N4O8PS/c1-14(2)38-23(35)15(3)31-41(42,40-18-9-8-16-6-4-5-7-17(16)12-18)37-13-26(24(27)28)21(34)20(33)22(39-26)32-11-10-19(29)30-25(32)36/h4-12,14-15,20-22,24,33-34H,13H2,1-3H3,(H,31,42)(H2,29,30,36). The molecule has 1 saturated heterocycles. The highest BCUT2D eigenvalue weighted by molar-refractivity contribution is 8.09. The Labute approximate surface area is 244 Å². The van der Waals surface area contributed by atoms with Gasteiger partial charge < -0.3 is 34.5 Å². The van der Waals surface area contributed by atoms with Gasteiger partial charge in [-0.2, -0.15) is 4.98 Å². The van der Waals surface area contributed by atoms with Gasteiger partial charge in [-0.1, -0.05) is 30.3 Å². The molecule has 42 heavy (non-hydrogen) atoms. The summed E-state index contributed by atoms with van der Waals surface area (Å²) < 4.78 is 52.4. The van der Waals surface area contributed by atoms with E-state index in [9.17, 15) is 28.6 Å². The van der Waals surface area contributed by atoms with Gasteiger partial charge in [-0.3, -0.25) is 9.36 Å². The molecule has 0 radical (unpaired) electrons. The number of anilines is 1. The third-order valence-electron chi connectivity index (χ3n) is 6.42. The predicted molar refractivity (Wildman–Crippen MR) is 152 cm³/mol. The molecule has 4 rings (SSSR count). The second-order valence-electron chi connectivity index (χ2n) is 9.95. The van der Waals surface area contributed by atoms with Crippen LogP contribution < -0.4 is 21.0 Å². The van der Waals surface area contributed by atoms with Crippen molar-refractivity contribution in [3.05, 3.63) is 65.2 Å². The van der Waals surface area contributed by atoms with Crippen LogP contribution in [-0.4, -0.2) is 68.7 Å². The van der Waals surface area contributed by atoms with E-state index in [0.717, 1.165) is 21.5 Å². The van der Waals surface area contributed by atoms with E-state index in [2.05, 4.69) is 10.1 Å². The molecule has 1 aliphatic rings. The predicted octanol–water partition coefficient (Wildman–Crippen LogP) is 2.48. The van der Waals surface area contributed by atoms with Crippen molar-refractivity contribution in [2.75, 3.05) is 12.3 Å². The smallest absolute Gasteiger partial charge is 0.351 e. The Hall–Kier alpha value is -3.04. The Morgan fingerprint density at radius 1 is 1.21 bits per heavy atom. The molecule has 0 saturated carbocycles. The van der Waals surface area contributed by atoms with Gasteiger partial charge in [0.2, 0.25) is 0 Å². The number of aromatic nitrogens is 2. The summed E-state index contributed by atoms with van der Waals surface area (Å²) in [6, 6.07) is 12.5. The van der Waals surface area contributed by atoms with Crippen molar-refractivity contribution in [3.63, 3.8) is 0 Å². The summed E-state index contributed by atoms with van der Waals surface area (Å²) in [6.45, 7) is -0.245. The maximum absolute atomic E-state index is 14.6. The molecule has 0 amide bonds. The number of halogens is 2. The van der Waals surface area contributed by atoms with E-state index in [1.807, 2.05) is 24.3 Å². The number of carbonyl (C=O) groups is 1. The first-order valence-corrected chi connectivity index (χ1v) is 15.5. The maximum atomic E-state index is 14.6. The number of nitrogens with one attached hydrogen (secondary N) is 1. The lowest BCUT2D eigenvalue weighted by Gasteiger charge is -2.34. The summed E-state index contributed by atoms with van der Waals surface area (Å²) in [6.07, 6.45) is -8.78. The number of nitrogens with zero attached hydrogens (tertiary/aromatic N) is 2. The van der Waals surface area contributed by atoms with Crippen molar-refractivity contribution in [3.8, 4) is 5.75 Å². The van der Waals surface area contributed by atoms with Crippen LogP contribution in [-0.2, 0) is 30.6 Å². The van der Waals surface area contributed by atoms with Gasteiger partial charge in [0.1, 0.15) is 29.8 Å². The normalized spacial score (nSPS) is 24.5. The largest absolute Gasteiger partial charge is 0.462 e. The van der Waals surface area contributed by atoms with Crippen molar-refractivity contribution >= 4 is 41.0 Å². The van der Waals surface area contributed by atoms with Crippen molar-refractivity contribution in [1.29, 1.82) is 0 Å². The van der Waals surface area contributed by atoms with E-state index >= 15 is 0 Å². The quantitative estimate of drug-likeness (QED) is 0.181. The molecular formula is C26H31F2N4O8PS. The lowest BCUT2D eigenvalue weighted by molar-refractivity contribution is -0.192. The summed E-state index contributed by atoms with van der Waals surface area (Å²) in [7, 11) is 0. The number of fused-ring (bicyclic) bond motifs is 1. The lowest BCUT2D eigenvalue weighted by atomic mass is 9.96.